The number of carbonyl (C=O) groups excluding carboxylic acids is 1. The summed E-state index contributed by atoms with van der Waals surface area (Å²) in [6.45, 7) is -0.874. The third-order valence-corrected chi connectivity index (χ3v) is 1.46. The van der Waals surface area contributed by atoms with Crippen LogP contribution in [0.3, 0.4) is 0 Å². The van der Waals surface area contributed by atoms with Crippen molar-refractivity contribution in [2.45, 2.75) is 6.10 Å². The van der Waals surface area contributed by atoms with Crippen molar-refractivity contribution in [1.82, 2.24) is 0 Å². The van der Waals surface area contributed by atoms with Crippen LogP contribution in [0.4, 0.5) is 0 Å². The molecular weight excluding hydrogens is 226 g/mol. The summed E-state index contributed by atoms with van der Waals surface area (Å²) < 4.78 is 26.9. The maximum absolute atomic E-state index is 10.4. The molecule has 0 saturated heterocycles. The van der Waals surface area contributed by atoms with Gasteiger partial charge in [0, 0.05) is 0 Å². The van der Waals surface area contributed by atoms with Crippen LogP contribution < -0.4 is 9.79 Å². The van der Waals surface area contributed by atoms with Crippen molar-refractivity contribution in [3.05, 3.63) is 0 Å². The highest BCUT2D eigenvalue weighted by molar-refractivity contribution is 7.31. The van der Waals surface area contributed by atoms with Gasteiger partial charge in [0.25, 0.3) is 0 Å². The van der Waals surface area contributed by atoms with Crippen molar-refractivity contribution in [1.29, 1.82) is 0 Å². The summed E-state index contributed by atoms with van der Waals surface area (Å²) in [7, 11) is -6.61. The Morgan fingerprint density at radius 2 is 1.92 bits per heavy atom. The summed E-state index contributed by atoms with van der Waals surface area (Å²) in [4.78, 5) is 30.0. The van der Waals surface area contributed by atoms with E-state index in [9.17, 15) is 23.7 Å². The molecule has 0 aliphatic rings. The number of aliphatic hydroxyl groups is 1. The monoisotopic (exact) mass is 230 g/mol. The molecule has 0 aliphatic heterocycles. The van der Waals surface area contributed by atoms with Crippen LogP contribution >= 0.6 is 16.5 Å². The first-order valence-corrected chi connectivity index (χ1v) is 4.94. The summed E-state index contributed by atoms with van der Waals surface area (Å²) in [6, 6.07) is 0. The van der Waals surface area contributed by atoms with Gasteiger partial charge in [0.1, 0.15) is 6.61 Å². The zero-order chi connectivity index (χ0) is 10.4. The zero-order valence-electron chi connectivity index (χ0n) is 5.98. The maximum atomic E-state index is 10.4. The molecule has 0 aromatic heterocycles. The molecule has 0 amide bonds. The lowest BCUT2D eigenvalue weighted by Gasteiger charge is -2.00. The van der Waals surface area contributed by atoms with E-state index in [0.29, 0.717) is 0 Å². The van der Waals surface area contributed by atoms with Gasteiger partial charge >= 0.3 is 22.5 Å². The van der Waals surface area contributed by atoms with E-state index in [2.05, 4.69) is 9.05 Å². The van der Waals surface area contributed by atoms with E-state index in [1.165, 1.54) is 0 Å². The minimum Gasteiger partial charge on any atom is -0.566 e. The third kappa shape index (κ3) is 6.65. The molecule has 13 heavy (non-hydrogen) atoms. The molecule has 0 radical (unpaired) electrons. The molecule has 74 valence electrons. The summed E-state index contributed by atoms with van der Waals surface area (Å²) in [5, 5.41) is 8.68. The van der Waals surface area contributed by atoms with Gasteiger partial charge in [0.15, 0.2) is 6.10 Å². The van der Waals surface area contributed by atoms with Crippen molar-refractivity contribution in [3.8, 4) is 0 Å². The second-order valence-electron chi connectivity index (χ2n) is 1.67. The van der Waals surface area contributed by atoms with Gasteiger partial charge in [-0.15, -0.1) is 4.52 Å². The predicted octanol–water partition coefficient (Wildman–Crippen LogP) is -2.06. The van der Waals surface area contributed by atoms with Crippen LogP contribution in [0.25, 0.3) is 0 Å². The standard InChI is InChI=1S/C3H4O8P2/c4-2(1-10-12(6)7)3(5)11-13(8)9/h2,4H,1H2. The second kappa shape index (κ2) is 6.04. The summed E-state index contributed by atoms with van der Waals surface area (Å²) in [6.07, 6.45) is -1.94. The van der Waals surface area contributed by atoms with Crippen LogP contribution in [0, 0.1) is 0 Å². The summed E-state index contributed by atoms with van der Waals surface area (Å²) in [5.41, 5.74) is 0. The minimum atomic E-state index is -3.41. The number of hydrogen-bond donors (Lipinski definition) is 1. The van der Waals surface area contributed by atoms with Crippen LogP contribution in [0.2, 0.25) is 0 Å². The van der Waals surface area contributed by atoms with E-state index in [1.807, 2.05) is 0 Å². The maximum Gasteiger partial charge on any atom is 0.542 e. The lowest BCUT2D eigenvalue weighted by Crippen LogP contribution is -2.26. The molecule has 1 N–H and O–H groups in total. The Labute approximate surface area is 74.0 Å². The third-order valence-electron chi connectivity index (χ3n) is 0.774. The molecule has 8 nitrogen and oxygen atoms in total. The van der Waals surface area contributed by atoms with Crippen LogP contribution in [0.15, 0.2) is 0 Å². The summed E-state index contributed by atoms with van der Waals surface area (Å²) >= 11 is 0. The van der Waals surface area contributed by atoms with Gasteiger partial charge in [-0.2, -0.15) is 0 Å². The highest BCUT2D eigenvalue weighted by Gasteiger charge is 2.25. The predicted molar refractivity (Wildman–Crippen MR) is 33.3 cm³/mol. The fraction of sp³-hybridized carbons (Fsp3) is 0.667. The number of rotatable bonds is 5. The first-order valence-electron chi connectivity index (χ1n) is 2.75. The number of hydrogen-bond acceptors (Lipinski definition) is 8. The lowest BCUT2D eigenvalue weighted by atomic mass is 10.4. The molecule has 0 heterocycles. The Morgan fingerprint density at radius 3 is 2.31 bits per heavy atom. The molecule has 10 heteroatoms. The highest BCUT2D eigenvalue weighted by atomic mass is 31.1. The molecule has 0 spiro atoms. The lowest BCUT2D eigenvalue weighted by molar-refractivity contribution is -0.193. The topological polar surface area (TPSA) is 136 Å². The van der Waals surface area contributed by atoms with Gasteiger partial charge in [0.05, 0.1) is 0 Å². The van der Waals surface area contributed by atoms with E-state index >= 15 is 0 Å². The smallest absolute Gasteiger partial charge is 0.542 e. The molecule has 0 aliphatic carbocycles. The fourth-order valence-corrected chi connectivity index (χ4v) is 0.865. The van der Waals surface area contributed by atoms with Crippen molar-refractivity contribution in [3.63, 3.8) is 0 Å². The molecule has 0 saturated carbocycles. The van der Waals surface area contributed by atoms with Gasteiger partial charge in [0.2, 0.25) is 0 Å². The Morgan fingerprint density at radius 1 is 1.38 bits per heavy atom. The number of aliphatic hydroxyl groups excluding tert-OH is 1. The van der Waals surface area contributed by atoms with E-state index < -0.39 is 35.2 Å². The van der Waals surface area contributed by atoms with Gasteiger partial charge in [-0.1, -0.05) is 0 Å². The van der Waals surface area contributed by atoms with Gasteiger partial charge in [-0.25, -0.2) is 9.32 Å². The van der Waals surface area contributed by atoms with Crippen LogP contribution in [-0.2, 0) is 23.0 Å². The molecule has 0 aromatic rings. The molecule has 0 aromatic carbocycles. The number of carbonyl (C=O) groups is 1. The fourth-order valence-electron chi connectivity index (χ4n) is 0.334. The van der Waals surface area contributed by atoms with Gasteiger partial charge in [-0.3, -0.25) is 0 Å². The van der Waals surface area contributed by atoms with Gasteiger partial charge in [-0.05, 0) is 9.13 Å². The Bertz CT molecular complexity index is 225. The molecule has 0 bridgehead atoms. The van der Waals surface area contributed by atoms with Crippen molar-refractivity contribution < 1.29 is 37.9 Å². The molecule has 0 fully saturated rings. The Kier molecular flexibility index (Phi) is 5.81. The molecule has 0 rings (SSSR count). The second-order valence-corrected chi connectivity index (χ2v) is 3.00. The van der Waals surface area contributed by atoms with Gasteiger partial charge < -0.3 is 14.9 Å². The average molecular weight is 230 g/mol. The van der Waals surface area contributed by atoms with Crippen LogP contribution in [-0.4, -0.2) is 23.8 Å². The first kappa shape index (κ1) is 12.5. The van der Waals surface area contributed by atoms with E-state index in [4.69, 9.17) is 5.11 Å². The van der Waals surface area contributed by atoms with Crippen LogP contribution in [0.1, 0.15) is 0 Å². The average Bonchev–Trinajstić information content (AvgIpc) is 1.98. The van der Waals surface area contributed by atoms with Crippen LogP contribution in [0.5, 0.6) is 0 Å². The van der Waals surface area contributed by atoms with Crippen molar-refractivity contribution in [2.24, 2.45) is 0 Å². The van der Waals surface area contributed by atoms with E-state index in [0.717, 1.165) is 0 Å². The van der Waals surface area contributed by atoms with E-state index in [1.54, 1.807) is 0 Å². The summed E-state index contributed by atoms with van der Waals surface area (Å²) in [5.74, 6) is -1.49. The first-order chi connectivity index (χ1) is 5.93. The van der Waals surface area contributed by atoms with Crippen molar-refractivity contribution in [2.75, 3.05) is 6.61 Å². The zero-order valence-corrected chi connectivity index (χ0v) is 7.77. The minimum absolute atomic E-state index is 0.874. The molecule has 3 unspecified atom stereocenters. The Hall–Kier alpha value is -0.490. The molecule has 3 atom stereocenters. The highest BCUT2D eigenvalue weighted by Crippen LogP contribution is 2.13. The van der Waals surface area contributed by atoms with E-state index in [-0.39, 0.29) is 0 Å². The SMILES string of the molecule is O=C(O[P+](=O)[O-])C(O)CO[P+](=O)[O-]. The van der Waals surface area contributed by atoms with Crippen molar-refractivity contribution >= 4 is 22.5 Å². The Balaban J connectivity index is 3.82. The largest absolute Gasteiger partial charge is 0.566 e. The quantitative estimate of drug-likeness (QED) is 0.532. The molecular formula is C3H4O8P2. The normalized spacial score (nSPS) is 14.7.